The molecule has 19 heavy (non-hydrogen) atoms. The van der Waals surface area contributed by atoms with E-state index in [1.54, 1.807) is 0 Å². The second kappa shape index (κ2) is 6.26. The molecule has 1 saturated heterocycles. The number of hydrogen-bond acceptors (Lipinski definition) is 4. The van der Waals surface area contributed by atoms with E-state index in [1.165, 1.54) is 18.4 Å². The summed E-state index contributed by atoms with van der Waals surface area (Å²) in [5.41, 5.74) is 1.25. The molecule has 104 valence electrons. The summed E-state index contributed by atoms with van der Waals surface area (Å²) in [6.45, 7) is 5.07. The normalized spacial score (nSPS) is 19.4. The van der Waals surface area contributed by atoms with Crippen LogP contribution in [0.25, 0.3) is 0 Å². The van der Waals surface area contributed by atoms with Gasteiger partial charge in [0.15, 0.2) is 11.5 Å². The maximum absolute atomic E-state index is 5.59. The molecule has 0 unspecified atom stereocenters. The summed E-state index contributed by atoms with van der Waals surface area (Å²) in [5.74, 6) is 2.49. The second-order valence-corrected chi connectivity index (χ2v) is 5.16. The first-order valence-electron chi connectivity index (χ1n) is 7.09. The lowest BCUT2D eigenvalue weighted by Crippen LogP contribution is -2.27. The van der Waals surface area contributed by atoms with Crippen LogP contribution in [0.1, 0.15) is 18.4 Å². The van der Waals surface area contributed by atoms with Gasteiger partial charge in [-0.1, -0.05) is 6.07 Å². The highest BCUT2D eigenvalue weighted by Gasteiger charge is 2.14. The molecule has 0 radical (unpaired) electrons. The van der Waals surface area contributed by atoms with E-state index in [-0.39, 0.29) is 0 Å². The Morgan fingerprint density at radius 1 is 1.00 bits per heavy atom. The molecule has 1 fully saturated rings. The summed E-state index contributed by atoms with van der Waals surface area (Å²) in [6, 6.07) is 6.18. The van der Waals surface area contributed by atoms with E-state index in [0.717, 1.165) is 43.7 Å². The molecule has 1 aromatic rings. The standard InChI is InChI=1S/C15H21NO3/c1-2-14-15(19-8-7-18-14)9-13(1)11-16-10-12-3-5-17-6-4-12/h1-2,9,12,16H,3-8,10-11H2. The van der Waals surface area contributed by atoms with Crippen LogP contribution in [-0.2, 0) is 11.3 Å². The predicted molar refractivity (Wildman–Crippen MR) is 72.7 cm³/mol. The monoisotopic (exact) mass is 263 g/mol. The maximum Gasteiger partial charge on any atom is 0.161 e. The predicted octanol–water partition coefficient (Wildman–Crippen LogP) is 1.97. The Bertz CT molecular complexity index is 416. The van der Waals surface area contributed by atoms with Crippen molar-refractivity contribution < 1.29 is 14.2 Å². The first-order chi connectivity index (χ1) is 9.42. The molecule has 4 nitrogen and oxygen atoms in total. The van der Waals surface area contributed by atoms with Gasteiger partial charge < -0.3 is 19.5 Å². The van der Waals surface area contributed by atoms with E-state index in [2.05, 4.69) is 17.4 Å². The van der Waals surface area contributed by atoms with Crippen LogP contribution in [0.15, 0.2) is 18.2 Å². The fourth-order valence-electron chi connectivity index (χ4n) is 2.57. The van der Waals surface area contributed by atoms with E-state index >= 15 is 0 Å². The van der Waals surface area contributed by atoms with Crippen LogP contribution in [0.5, 0.6) is 11.5 Å². The SMILES string of the molecule is c1cc2c(cc1CNCC1CCOCC1)OCCO2. The minimum absolute atomic E-state index is 0.645. The van der Waals surface area contributed by atoms with Crippen molar-refractivity contribution in [1.29, 1.82) is 0 Å². The molecule has 0 aliphatic carbocycles. The zero-order valence-corrected chi connectivity index (χ0v) is 11.2. The first-order valence-corrected chi connectivity index (χ1v) is 7.09. The third-order valence-electron chi connectivity index (χ3n) is 3.71. The van der Waals surface area contributed by atoms with E-state index in [0.29, 0.717) is 13.2 Å². The van der Waals surface area contributed by atoms with Gasteiger partial charge in [-0.15, -0.1) is 0 Å². The minimum atomic E-state index is 0.645. The minimum Gasteiger partial charge on any atom is -0.486 e. The molecule has 0 aromatic heterocycles. The van der Waals surface area contributed by atoms with Crippen LogP contribution >= 0.6 is 0 Å². The van der Waals surface area contributed by atoms with E-state index in [4.69, 9.17) is 14.2 Å². The van der Waals surface area contributed by atoms with Crippen molar-refractivity contribution in [2.24, 2.45) is 5.92 Å². The van der Waals surface area contributed by atoms with E-state index in [1.807, 2.05) is 6.07 Å². The van der Waals surface area contributed by atoms with Crippen molar-refractivity contribution in [2.75, 3.05) is 33.0 Å². The molecule has 1 aromatic carbocycles. The molecular weight excluding hydrogens is 242 g/mol. The van der Waals surface area contributed by atoms with Gasteiger partial charge in [0.25, 0.3) is 0 Å². The van der Waals surface area contributed by atoms with Crippen LogP contribution < -0.4 is 14.8 Å². The Hall–Kier alpha value is -1.26. The van der Waals surface area contributed by atoms with E-state index in [9.17, 15) is 0 Å². The number of ether oxygens (including phenoxy) is 3. The molecule has 4 heteroatoms. The molecular formula is C15H21NO3. The maximum atomic E-state index is 5.59. The average molecular weight is 263 g/mol. The number of benzene rings is 1. The summed E-state index contributed by atoms with van der Waals surface area (Å²) in [5, 5.41) is 3.53. The van der Waals surface area contributed by atoms with Crippen molar-refractivity contribution in [2.45, 2.75) is 19.4 Å². The quantitative estimate of drug-likeness (QED) is 0.901. The lowest BCUT2D eigenvalue weighted by Gasteiger charge is -2.22. The molecule has 2 aliphatic heterocycles. The second-order valence-electron chi connectivity index (χ2n) is 5.16. The average Bonchev–Trinajstić information content (AvgIpc) is 2.48. The Morgan fingerprint density at radius 3 is 2.63 bits per heavy atom. The van der Waals surface area contributed by atoms with Gasteiger partial charge in [-0.2, -0.15) is 0 Å². The molecule has 3 rings (SSSR count). The smallest absolute Gasteiger partial charge is 0.161 e. The molecule has 0 bridgehead atoms. The lowest BCUT2D eigenvalue weighted by atomic mass is 10.0. The highest BCUT2D eigenvalue weighted by molar-refractivity contribution is 5.43. The van der Waals surface area contributed by atoms with Crippen molar-refractivity contribution in [1.82, 2.24) is 5.32 Å². The molecule has 0 saturated carbocycles. The topological polar surface area (TPSA) is 39.7 Å². The van der Waals surface area contributed by atoms with Gasteiger partial charge in [0.2, 0.25) is 0 Å². The van der Waals surface area contributed by atoms with Gasteiger partial charge in [-0.3, -0.25) is 0 Å². The Labute approximate surface area is 114 Å². The number of fused-ring (bicyclic) bond motifs is 1. The fourth-order valence-corrected chi connectivity index (χ4v) is 2.57. The molecule has 2 heterocycles. The number of rotatable bonds is 4. The molecule has 2 aliphatic rings. The fraction of sp³-hybridized carbons (Fsp3) is 0.600. The van der Waals surface area contributed by atoms with Crippen LogP contribution in [0, 0.1) is 5.92 Å². The zero-order chi connectivity index (χ0) is 12.9. The van der Waals surface area contributed by atoms with Crippen molar-refractivity contribution in [3.63, 3.8) is 0 Å². The highest BCUT2D eigenvalue weighted by atomic mass is 16.6. The van der Waals surface area contributed by atoms with Crippen LogP contribution in [0.3, 0.4) is 0 Å². The third-order valence-corrected chi connectivity index (χ3v) is 3.71. The number of nitrogens with one attached hydrogen (secondary N) is 1. The summed E-state index contributed by atoms with van der Waals surface area (Å²) < 4.78 is 16.5. The largest absolute Gasteiger partial charge is 0.486 e. The van der Waals surface area contributed by atoms with Gasteiger partial charge >= 0.3 is 0 Å². The molecule has 0 amide bonds. The van der Waals surface area contributed by atoms with Crippen LogP contribution in [0.2, 0.25) is 0 Å². The molecule has 0 spiro atoms. The van der Waals surface area contributed by atoms with Gasteiger partial charge in [-0.05, 0) is 43.0 Å². The van der Waals surface area contributed by atoms with Gasteiger partial charge in [0, 0.05) is 19.8 Å². The summed E-state index contributed by atoms with van der Waals surface area (Å²) in [6.07, 6.45) is 2.35. The summed E-state index contributed by atoms with van der Waals surface area (Å²) >= 11 is 0. The Morgan fingerprint density at radius 2 is 1.79 bits per heavy atom. The van der Waals surface area contributed by atoms with Crippen LogP contribution in [0.4, 0.5) is 0 Å². The van der Waals surface area contributed by atoms with Crippen molar-refractivity contribution in [3.8, 4) is 11.5 Å². The van der Waals surface area contributed by atoms with E-state index < -0.39 is 0 Å². The lowest BCUT2D eigenvalue weighted by molar-refractivity contribution is 0.0662. The van der Waals surface area contributed by atoms with Gasteiger partial charge in [0.05, 0.1) is 0 Å². The van der Waals surface area contributed by atoms with Crippen molar-refractivity contribution in [3.05, 3.63) is 23.8 Å². The molecule has 0 atom stereocenters. The Balaban J connectivity index is 1.49. The molecule has 1 N–H and O–H groups in total. The summed E-state index contributed by atoms with van der Waals surface area (Å²) in [7, 11) is 0. The zero-order valence-electron chi connectivity index (χ0n) is 11.2. The van der Waals surface area contributed by atoms with Crippen LogP contribution in [-0.4, -0.2) is 33.0 Å². The van der Waals surface area contributed by atoms with Gasteiger partial charge in [-0.25, -0.2) is 0 Å². The summed E-state index contributed by atoms with van der Waals surface area (Å²) in [4.78, 5) is 0. The number of hydrogen-bond donors (Lipinski definition) is 1. The highest BCUT2D eigenvalue weighted by Crippen LogP contribution is 2.30. The third kappa shape index (κ3) is 3.39. The first kappa shape index (κ1) is 12.8. The Kier molecular flexibility index (Phi) is 4.20. The van der Waals surface area contributed by atoms with Gasteiger partial charge in [0.1, 0.15) is 13.2 Å². The van der Waals surface area contributed by atoms with Crippen molar-refractivity contribution >= 4 is 0 Å².